The van der Waals surface area contributed by atoms with E-state index >= 15 is 0 Å². The van der Waals surface area contributed by atoms with Gasteiger partial charge in [0, 0.05) is 6.54 Å². The van der Waals surface area contributed by atoms with E-state index in [2.05, 4.69) is 5.32 Å². The topological polar surface area (TPSA) is 108 Å². The number of amides is 1. The number of nitrogens with one attached hydrogen (secondary N) is 1. The molecule has 3 N–H and O–H groups in total. The van der Waals surface area contributed by atoms with Gasteiger partial charge in [0.15, 0.2) is 0 Å². The molecule has 0 spiro atoms. The molecule has 0 saturated carbocycles. The molecule has 0 atom stereocenters. The number of methoxy groups -OCH3 is 1. The number of primary sulfonamides is 1. The molecule has 0 aliphatic carbocycles. The molecule has 2 rings (SSSR count). The van der Waals surface area contributed by atoms with E-state index in [1.54, 1.807) is 55.6 Å². The van der Waals surface area contributed by atoms with Gasteiger partial charge in [-0.3, -0.25) is 4.79 Å². The molecule has 0 fully saturated rings. The molecule has 8 heteroatoms. The third kappa shape index (κ3) is 7.12. The van der Waals surface area contributed by atoms with Gasteiger partial charge in [0.05, 0.1) is 25.9 Å². The summed E-state index contributed by atoms with van der Waals surface area (Å²) in [6.45, 7) is 0.627. The van der Waals surface area contributed by atoms with Crippen molar-refractivity contribution in [3.63, 3.8) is 0 Å². The van der Waals surface area contributed by atoms with Crippen molar-refractivity contribution in [2.24, 2.45) is 5.14 Å². The van der Waals surface area contributed by atoms with Crippen LogP contribution in [0.2, 0.25) is 0 Å². The summed E-state index contributed by atoms with van der Waals surface area (Å²) in [6, 6.07) is 14.0. The SMILES string of the molecule is COc1ccc(OCCC(=O)NCc2ccc(CS(N)(=O)=O)cc2)cc1. The van der Waals surface area contributed by atoms with Crippen LogP contribution in [-0.4, -0.2) is 28.0 Å². The maximum absolute atomic E-state index is 11.9. The Kier molecular flexibility index (Phi) is 6.99. The number of sulfonamides is 1. The van der Waals surface area contributed by atoms with Crippen LogP contribution < -0.4 is 19.9 Å². The highest BCUT2D eigenvalue weighted by Gasteiger charge is 2.06. The van der Waals surface area contributed by atoms with E-state index in [4.69, 9.17) is 14.6 Å². The fraction of sp³-hybridized carbons (Fsp3) is 0.278. The number of benzene rings is 2. The summed E-state index contributed by atoms with van der Waals surface area (Å²) in [5.74, 6) is 1.07. The average molecular weight is 378 g/mol. The van der Waals surface area contributed by atoms with Crippen LogP contribution >= 0.6 is 0 Å². The van der Waals surface area contributed by atoms with Gasteiger partial charge in [0.25, 0.3) is 0 Å². The summed E-state index contributed by atoms with van der Waals surface area (Å²) in [5, 5.41) is 7.79. The summed E-state index contributed by atoms with van der Waals surface area (Å²) in [6.07, 6.45) is 0.232. The Morgan fingerprint density at radius 1 is 1.00 bits per heavy atom. The first kappa shape index (κ1) is 19.7. The first-order valence-corrected chi connectivity index (χ1v) is 9.69. The first-order valence-electron chi connectivity index (χ1n) is 7.97. The highest BCUT2D eigenvalue weighted by atomic mass is 32.2. The van der Waals surface area contributed by atoms with Crippen molar-refractivity contribution >= 4 is 15.9 Å². The summed E-state index contributed by atoms with van der Waals surface area (Å²) in [4.78, 5) is 11.9. The monoisotopic (exact) mass is 378 g/mol. The zero-order valence-electron chi connectivity index (χ0n) is 14.5. The second-order valence-electron chi connectivity index (χ2n) is 5.67. The smallest absolute Gasteiger partial charge is 0.223 e. The second kappa shape index (κ2) is 9.21. The summed E-state index contributed by atoms with van der Waals surface area (Å²) < 4.78 is 32.6. The molecular formula is C18H22N2O5S. The molecule has 2 aromatic rings. The number of hydrogen-bond acceptors (Lipinski definition) is 5. The zero-order chi connectivity index (χ0) is 19.0. The number of rotatable bonds is 9. The largest absolute Gasteiger partial charge is 0.497 e. The molecular weight excluding hydrogens is 356 g/mol. The Balaban J connectivity index is 1.71. The number of nitrogens with two attached hydrogens (primary N) is 1. The van der Waals surface area contributed by atoms with Crippen LogP contribution in [-0.2, 0) is 27.1 Å². The number of ether oxygens (including phenoxy) is 2. The van der Waals surface area contributed by atoms with Gasteiger partial charge < -0.3 is 14.8 Å². The van der Waals surface area contributed by atoms with Gasteiger partial charge in [0.1, 0.15) is 11.5 Å². The van der Waals surface area contributed by atoms with E-state index in [-0.39, 0.29) is 24.7 Å². The summed E-state index contributed by atoms with van der Waals surface area (Å²) in [7, 11) is -1.95. The molecule has 0 unspecified atom stereocenters. The number of carbonyl (C=O) groups is 1. The Hall–Kier alpha value is -2.58. The van der Waals surface area contributed by atoms with Crippen LogP contribution in [0.5, 0.6) is 11.5 Å². The first-order chi connectivity index (χ1) is 12.4. The Bertz CT molecular complexity index is 818. The van der Waals surface area contributed by atoms with Gasteiger partial charge >= 0.3 is 0 Å². The van der Waals surface area contributed by atoms with Crippen molar-refractivity contribution in [3.8, 4) is 11.5 Å². The second-order valence-corrected chi connectivity index (χ2v) is 7.29. The molecule has 0 bridgehead atoms. The molecule has 0 aliphatic rings. The Labute approximate surface area is 153 Å². The lowest BCUT2D eigenvalue weighted by Gasteiger charge is -2.08. The van der Waals surface area contributed by atoms with Crippen LogP contribution in [0.1, 0.15) is 17.5 Å². The van der Waals surface area contributed by atoms with Crippen LogP contribution in [0.15, 0.2) is 48.5 Å². The molecule has 2 aromatic carbocycles. The van der Waals surface area contributed by atoms with Gasteiger partial charge in [-0.15, -0.1) is 0 Å². The molecule has 0 saturated heterocycles. The molecule has 0 aromatic heterocycles. The van der Waals surface area contributed by atoms with E-state index in [1.165, 1.54) is 0 Å². The van der Waals surface area contributed by atoms with Gasteiger partial charge in [-0.2, -0.15) is 0 Å². The van der Waals surface area contributed by atoms with E-state index in [0.29, 0.717) is 17.9 Å². The van der Waals surface area contributed by atoms with Crippen molar-refractivity contribution in [1.82, 2.24) is 5.32 Å². The molecule has 0 heterocycles. The predicted octanol–water partition coefficient (Wildman–Crippen LogP) is 1.57. The molecule has 1 amide bonds. The minimum absolute atomic E-state index is 0.132. The summed E-state index contributed by atoms with van der Waals surface area (Å²) >= 11 is 0. The molecule has 0 radical (unpaired) electrons. The van der Waals surface area contributed by atoms with Gasteiger partial charge in [-0.05, 0) is 35.4 Å². The van der Waals surface area contributed by atoms with E-state index in [1.807, 2.05) is 0 Å². The van der Waals surface area contributed by atoms with E-state index in [9.17, 15) is 13.2 Å². The maximum atomic E-state index is 11.9. The third-order valence-corrected chi connectivity index (χ3v) is 4.27. The standard InChI is InChI=1S/C18H22N2O5S/c1-24-16-6-8-17(9-7-16)25-11-10-18(21)20-12-14-2-4-15(5-3-14)13-26(19,22)23/h2-9H,10-13H2,1H3,(H,20,21)(H2,19,22,23). The highest BCUT2D eigenvalue weighted by molar-refractivity contribution is 7.88. The van der Waals surface area contributed by atoms with Crippen molar-refractivity contribution in [1.29, 1.82) is 0 Å². The molecule has 0 aliphatic heterocycles. The predicted molar refractivity (Wildman–Crippen MR) is 98.2 cm³/mol. The fourth-order valence-electron chi connectivity index (χ4n) is 2.21. The fourth-order valence-corrected chi connectivity index (χ4v) is 2.87. The lowest BCUT2D eigenvalue weighted by atomic mass is 10.1. The van der Waals surface area contributed by atoms with Crippen LogP contribution in [0.3, 0.4) is 0 Å². The average Bonchev–Trinajstić information content (AvgIpc) is 2.60. The van der Waals surface area contributed by atoms with Crippen LogP contribution in [0, 0.1) is 0 Å². The third-order valence-electron chi connectivity index (χ3n) is 3.54. The molecule has 140 valence electrons. The van der Waals surface area contributed by atoms with Crippen molar-refractivity contribution in [2.45, 2.75) is 18.7 Å². The minimum atomic E-state index is -3.54. The lowest BCUT2D eigenvalue weighted by molar-refractivity contribution is -0.121. The van der Waals surface area contributed by atoms with E-state index < -0.39 is 10.0 Å². The zero-order valence-corrected chi connectivity index (χ0v) is 15.3. The maximum Gasteiger partial charge on any atom is 0.223 e. The quantitative estimate of drug-likeness (QED) is 0.689. The number of hydrogen-bond donors (Lipinski definition) is 2. The van der Waals surface area contributed by atoms with Crippen LogP contribution in [0.25, 0.3) is 0 Å². The van der Waals surface area contributed by atoms with E-state index in [0.717, 1.165) is 11.3 Å². The molecule has 7 nitrogen and oxygen atoms in total. The van der Waals surface area contributed by atoms with Crippen molar-refractivity contribution in [3.05, 3.63) is 59.7 Å². The Morgan fingerprint density at radius 2 is 1.58 bits per heavy atom. The van der Waals surface area contributed by atoms with Crippen molar-refractivity contribution in [2.75, 3.05) is 13.7 Å². The van der Waals surface area contributed by atoms with Crippen molar-refractivity contribution < 1.29 is 22.7 Å². The van der Waals surface area contributed by atoms with Gasteiger partial charge in [-0.1, -0.05) is 24.3 Å². The van der Waals surface area contributed by atoms with Gasteiger partial charge in [-0.25, -0.2) is 13.6 Å². The van der Waals surface area contributed by atoms with Gasteiger partial charge in [0.2, 0.25) is 15.9 Å². The highest BCUT2D eigenvalue weighted by Crippen LogP contribution is 2.17. The minimum Gasteiger partial charge on any atom is -0.497 e. The normalized spacial score (nSPS) is 11.0. The summed E-state index contributed by atoms with van der Waals surface area (Å²) in [5.41, 5.74) is 1.48. The van der Waals surface area contributed by atoms with Crippen LogP contribution in [0.4, 0.5) is 0 Å². The lowest BCUT2D eigenvalue weighted by Crippen LogP contribution is -2.24. The Morgan fingerprint density at radius 3 is 2.15 bits per heavy atom. The molecule has 26 heavy (non-hydrogen) atoms. The number of carbonyl (C=O) groups excluding carboxylic acids is 1.